The van der Waals surface area contributed by atoms with Crippen LogP contribution in [0.3, 0.4) is 0 Å². The fourth-order valence-corrected chi connectivity index (χ4v) is 2.63. The number of hydrogen-bond acceptors (Lipinski definition) is 3. The summed E-state index contributed by atoms with van der Waals surface area (Å²) in [6.45, 7) is 5.57. The summed E-state index contributed by atoms with van der Waals surface area (Å²) in [6, 6.07) is 15.1. The van der Waals surface area contributed by atoms with Crippen LogP contribution in [-0.4, -0.2) is 35.6 Å². The van der Waals surface area contributed by atoms with Gasteiger partial charge < -0.3 is 20.1 Å². The number of amides is 2. The molecule has 2 N–H and O–H groups in total. The minimum atomic E-state index is -0.931. The number of rotatable bonds is 7. The largest absolute Gasteiger partial charge is 0.486 e. The number of ether oxygens (including phenoxy) is 1. The molecule has 0 fully saturated rings. The van der Waals surface area contributed by atoms with Gasteiger partial charge in [0.1, 0.15) is 11.9 Å². The van der Waals surface area contributed by atoms with E-state index < -0.39 is 11.9 Å². The number of aliphatic carboxylic acids is 1. The summed E-state index contributed by atoms with van der Waals surface area (Å²) in [4.78, 5) is 24.5. The Bertz CT molecular complexity index is 792. The van der Waals surface area contributed by atoms with Gasteiger partial charge in [-0.3, -0.25) is 4.79 Å². The zero-order valence-electron chi connectivity index (χ0n) is 16.1. The molecular formula is C21H26N2O4. The van der Waals surface area contributed by atoms with Crippen LogP contribution in [0.25, 0.3) is 0 Å². The molecule has 2 unspecified atom stereocenters. The van der Waals surface area contributed by atoms with E-state index in [1.807, 2.05) is 56.3 Å². The van der Waals surface area contributed by atoms with Crippen LogP contribution in [0.4, 0.5) is 10.5 Å². The number of carboxylic acid groups (broad SMARTS) is 1. The predicted molar refractivity (Wildman–Crippen MR) is 105 cm³/mol. The van der Waals surface area contributed by atoms with Crippen molar-refractivity contribution in [3.63, 3.8) is 0 Å². The van der Waals surface area contributed by atoms with Crippen LogP contribution in [0.15, 0.2) is 48.5 Å². The van der Waals surface area contributed by atoms with Gasteiger partial charge in [-0.05, 0) is 43.2 Å². The smallest absolute Gasteiger partial charge is 0.321 e. The van der Waals surface area contributed by atoms with Gasteiger partial charge >= 0.3 is 12.0 Å². The lowest BCUT2D eigenvalue weighted by atomic mass is 10.1. The Morgan fingerprint density at radius 3 is 2.41 bits per heavy atom. The minimum absolute atomic E-state index is 0.0883. The molecule has 6 heteroatoms. The van der Waals surface area contributed by atoms with Gasteiger partial charge in [0.05, 0.1) is 5.92 Å². The second-order valence-electron chi connectivity index (χ2n) is 6.70. The Hall–Kier alpha value is -3.02. The van der Waals surface area contributed by atoms with Gasteiger partial charge in [0.15, 0.2) is 0 Å². The maximum absolute atomic E-state index is 12.3. The first-order valence-corrected chi connectivity index (χ1v) is 8.85. The van der Waals surface area contributed by atoms with Crippen LogP contribution in [0, 0.1) is 12.8 Å². The van der Waals surface area contributed by atoms with E-state index in [1.165, 1.54) is 4.90 Å². The maximum Gasteiger partial charge on any atom is 0.321 e. The van der Waals surface area contributed by atoms with Crippen molar-refractivity contribution in [2.75, 3.05) is 18.9 Å². The van der Waals surface area contributed by atoms with Crippen LogP contribution in [0.5, 0.6) is 5.75 Å². The molecular weight excluding hydrogens is 344 g/mol. The molecule has 144 valence electrons. The van der Waals surface area contributed by atoms with Crippen LogP contribution >= 0.6 is 0 Å². The van der Waals surface area contributed by atoms with E-state index in [4.69, 9.17) is 9.84 Å². The molecule has 6 nitrogen and oxygen atoms in total. The third kappa shape index (κ3) is 5.74. The first kappa shape index (κ1) is 20.3. The minimum Gasteiger partial charge on any atom is -0.486 e. The van der Waals surface area contributed by atoms with E-state index >= 15 is 0 Å². The Balaban J connectivity index is 1.99. The first-order valence-electron chi connectivity index (χ1n) is 8.85. The van der Waals surface area contributed by atoms with E-state index in [2.05, 4.69) is 5.32 Å². The number of anilines is 1. The van der Waals surface area contributed by atoms with Crippen molar-refractivity contribution < 1.29 is 19.4 Å². The highest BCUT2D eigenvalue weighted by molar-refractivity contribution is 5.90. The fraction of sp³-hybridized carbons (Fsp3) is 0.333. The number of nitrogens with zero attached hydrogens (tertiary/aromatic N) is 1. The average molecular weight is 370 g/mol. The number of urea groups is 1. The number of carbonyl (C=O) groups is 2. The van der Waals surface area contributed by atoms with Crippen LogP contribution < -0.4 is 10.1 Å². The number of hydrogen-bond donors (Lipinski definition) is 2. The average Bonchev–Trinajstić information content (AvgIpc) is 2.64. The maximum atomic E-state index is 12.3. The molecule has 0 spiro atoms. The third-order valence-electron chi connectivity index (χ3n) is 4.34. The van der Waals surface area contributed by atoms with Gasteiger partial charge in [-0.1, -0.05) is 37.3 Å². The van der Waals surface area contributed by atoms with Crippen LogP contribution in [0.1, 0.15) is 31.1 Å². The molecule has 0 aromatic heterocycles. The zero-order valence-corrected chi connectivity index (χ0v) is 16.1. The molecule has 27 heavy (non-hydrogen) atoms. The van der Waals surface area contributed by atoms with Gasteiger partial charge in [-0.2, -0.15) is 0 Å². The normalized spacial score (nSPS) is 12.7. The van der Waals surface area contributed by atoms with Crippen molar-refractivity contribution in [3.05, 3.63) is 59.7 Å². The number of carboxylic acids is 1. The third-order valence-corrected chi connectivity index (χ3v) is 4.34. The second kappa shape index (κ2) is 9.07. The van der Waals surface area contributed by atoms with Gasteiger partial charge in [-0.15, -0.1) is 0 Å². The number of nitrogens with one attached hydrogen (secondary N) is 1. The van der Waals surface area contributed by atoms with Crippen molar-refractivity contribution in [2.24, 2.45) is 5.92 Å². The van der Waals surface area contributed by atoms with E-state index in [0.717, 1.165) is 16.9 Å². The highest BCUT2D eigenvalue weighted by Crippen LogP contribution is 2.26. The highest BCUT2D eigenvalue weighted by atomic mass is 16.5. The van der Waals surface area contributed by atoms with Gasteiger partial charge in [0.2, 0.25) is 0 Å². The topological polar surface area (TPSA) is 78.9 Å². The van der Waals surface area contributed by atoms with Crippen molar-refractivity contribution >= 4 is 17.7 Å². The van der Waals surface area contributed by atoms with Crippen molar-refractivity contribution in [1.82, 2.24) is 4.90 Å². The Morgan fingerprint density at radius 2 is 1.81 bits per heavy atom. The van der Waals surface area contributed by atoms with Crippen molar-refractivity contribution in [1.29, 1.82) is 0 Å². The van der Waals surface area contributed by atoms with E-state index in [0.29, 0.717) is 5.69 Å². The van der Waals surface area contributed by atoms with Crippen molar-refractivity contribution in [2.45, 2.75) is 26.9 Å². The molecule has 0 bridgehead atoms. The zero-order chi connectivity index (χ0) is 20.0. The van der Waals surface area contributed by atoms with Gasteiger partial charge in [-0.25, -0.2) is 4.79 Å². The molecule has 2 amide bonds. The lowest BCUT2D eigenvalue weighted by molar-refractivity contribution is -0.141. The highest BCUT2D eigenvalue weighted by Gasteiger charge is 2.18. The molecule has 0 saturated carbocycles. The van der Waals surface area contributed by atoms with E-state index in [9.17, 15) is 9.59 Å². The van der Waals surface area contributed by atoms with Crippen molar-refractivity contribution in [3.8, 4) is 5.75 Å². The Kier molecular flexibility index (Phi) is 6.82. The molecule has 0 heterocycles. The van der Waals surface area contributed by atoms with Gasteiger partial charge in [0, 0.05) is 19.3 Å². The molecule has 0 aliphatic rings. The molecule has 2 aromatic rings. The lowest BCUT2D eigenvalue weighted by Crippen LogP contribution is -2.36. The summed E-state index contributed by atoms with van der Waals surface area (Å²) in [5.74, 6) is -0.841. The fourth-order valence-electron chi connectivity index (χ4n) is 2.63. The first-order chi connectivity index (χ1) is 12.8. The number of aryl methyl sites for hydroxylation is 1. The lowest BCUT2D eigenvalue weighted by Gasteiger charge is -2.21. The Morgan fingerprint density at radius 1 is 1.15 bits per heavy atom. The molecule has 0 radical (unpaired) electrons. The molecule has 0 aliphatic carbocycles. The monoisotopic (exact) mass is 370 g/mol. The van der Waals surface area contributed by atoms with Gasteiger partial charge in [0.25, 0.3) is 0 Å². The number of carbonyl (C=O) groups excluding carboxylic acids is 1. The Labute approximate surface area is 159 Å². The number of benzene rings is 2. The van der Waals surface area contributed by atoms with E-state index in [1.54, 1.807) is 20.0 Å². The summed E-state index contributed by atoms with van der Waals surface area (Å²) in [5.41, 5.74) is 2.61. The quantitative estimate of drug-likeness (QED) is 0.761. The summed E-state index contributed by atoms with van der Waals surface area (Å²) in [5, 5.41) is 11.8. The predicted octanol–water partition coefficient (Wildman–Crippen LogP) is 4.32. The molecule has 2 atom stereocenters. The van der Waals surface area contributed by atoms with E-state index in [-0.39, 0.29) is 18.7 Å². The SMILES string of the molecule is Cc1cc(OC(C)c2ccccc2)ccc1NC(=O)N(C)CC(C)C(=O)O. The summed E-state index contributed by atoms with van der Waals surface area (Å²) in [6.07, 6.45) is -0.0883. The molecule has 0 saturated heterocycles. The molecule has 2 aromatic carbocycles. The summed E-state index contributed by atoms with van der Waals surface area (Å²) in [7, 11) is 1.57. The molecule has 2 rings (SSSR count). The second-order valence-corrected chi connectivity index (χ2v) is 6.70. The standard InChI is InChI=1S/C21H26N2O4/c1-14-12-18(27-16(3)17-8-6-5-7-9-17)10-11-19(14)22-21(26)23(4)13-15(2)20(24)25/h5-12,15-16H,13H2,1-4H3,(H,22,26)(H,24,25). The van der Waals surface area contributed by atoms with Crippen LogP contribution in [0.2, 0.25) is 0 Å². The summed E-state index contributed by atoms with van der Waals surface area (Å²) >= 11 is 0. The van der Waals surface area contributed by atoms with Crippen LogP contribution in [-0.2, 0) is 4.79 Å². The molecule has 0 aliphatic heterocycles. The summed E-state index contributed by atoms with van der Waals surface area (Å²) < 4.78 is 5.98.